The van der Waals surface area contributed by atoms with Crippen LogP contribution in [0.4, 0.5) is 0 Å². The van der Waals surface area contributed by atoms with Crippen molar-refractivity contribution in [1.29, 1.82) is 0 Å². The van der Waals surface area contributed by atoms with E-state index < -0.39 is 0 Å². The summed E-state index contributed by atoms with van der Waals surface area (Å²) in [4.78, 5) is 6.24. The molecule has 2 aliphatic rings. The highest BCUT2D eigenvalue weighted by atomic mass is 32.1. The number of hydrogen-bond acceptors (Lipinski definition) is 3. The van der Waals surface area contributed by atoms with Crippen molar-refractivity contribution in [2.75, 3.05) is 6.54 Å². The van der Waals surface area contributed by atoms with Gasteiger partial charge in [0.15, 0.2) is 0 Å². The predicted molar refractivity (Wildman–Crippen MR) is 54.1 cm³/mol. The second-order valence-electron chi connectivity index (χ2n) is 3.98. The van der Waals surface area contributed by atoms with E-state index in [0.717, 1.165) is 25.4 Å². The molecule has 3 heteroatoms. The number of nitrogens with zero attached hydrogens (tertiary/aromatic N) is 1. The Morgan fingerprint density at radius 1 is 1.38 bits per heavy atom. The molecule has 1 aromatic rings. The van der Waals surface area contributed by atoms with Crippen molar-refractivity contribution in [3.8, 4) is 0 Å². The van der Waals surface area contributed by atoms with Crippen molar-refractivity contribution in [3.63, 3.8) is 0 Å². The molecule has 0 aromatic carbocycles. The van der Waals surface area contributed by atoms with Crippen LogP contribution in [0.3, 0.4) is 0 Å². The molecule has 3 rings (SSSR count). The van der Waals surface area contributed by atoms with Gasteiger partial charge in [-0.15, -0.1) is 11.3 Å². The summed E-state index contributed by atoms with van der Waals surface area (Å²) in [6.07, 6.45) is 5.30. The molecule has 1 N–H and O–H groups in total. The Morgan fingerprint density at radius 2 is 2.31 bits per heavy atom. The fourth-order valence-electron chi connectivity index (χ4n) is 1.98. The molecule has 2 nitrogen and oxygen atoms in total. The molecule has 0 spiro atoms. The van der Waals surface area contributed by atoms with Crippen molar-refractivity contribution < 1.29 is 0 Å². The number of rotatable bonds is 1. The van der Waals surface area contributed by atoms with Crippen LogP contribution in [0.25, 0.3) is 0 Å². The van der Waals surface area contributed by atoms with Gasteiger partial charge in [-0.1, -0.05) is 6.42 Å². The monoisotopic (exact) mass is 194 g/mol. The molecular weight excluding hydrogens is 180 g/mol. The van der Waals surface area contributed by atoms with Gasteiger partial charge in [-0.25, -0.2) is 4.98 Å². The number of hydrogen-bond donors (Lipinski definition) is 1. The maximum atomic E-state index is 4.75. The zero-order valence-electron chi connectivity index (χ0n) is 7.68. The van der Waals surface area contributed by atoms with Gasteiger partial charge in [-0.05, 0) is 12.8 Å². The average Bonchev–Trinajstić information content (AvgIpc) is 2.43. The maximum Gasteiger partial charge on any atom is 0.0962 e. The Balaban J connectivity index is 1.90. The van der Waals surface area contributed by atoms with Gasteiger partial charge in [0.1, 0.15) is 0 Å². The average molecular weight is 194 g/mol. The summed E-state index contributed by atoms with van der Waals surface area (Å²) in [7, 11) is 0. The summed E-state index contributed by atoms with van der Waals surface area (Å²) in [6.45, 7) is 2.17. The molecule has 2 heterocycles. The molecule has 1 aromatic heterocycles. The molecule has 70 valence electrons. The molecule has 0 saturated heterocycles. The Hall–Kier alpha value is -0.410. The highest BCUT2D eigenvalue weighted by molar-refractivity contribution is 7.11. The summed E-state index contributed by atoms with van der Waals surface area (Å²) < 4.78 is 0. The Kier molecular flexibility index (Phi) is 1.87. The first-order valence-electron chi connectivity index (χ1n) is 5.12. The number of fused-ring (bicyclic) bond motifs is 1. The molecule has 13 heavy (non-hydrogen) atoms. The fraction of sp³-hybridized carbons (Fsp3) is 0.700. The molecule has 1 aliphatic carbocycles. The lowest BCUT2D eigenvalue weighted by Crippen LogP contribution is -2.22. The third-order valence-corrected chi connectivity index (χ3v) is 4.33. The lowest BCUT2D eigenvalue weighted by atomic mass is 9.86. The Morgan fingerprint density at radius 3 is 3.00 bits per heavy atom. The zero-order chi connectivity index (χ0) is 8.67. The van der Waals surface area contributed by atoms with E-state index in [2.05, 4.69) is 5.32 Å². The van der Waals surface area contributed by atoms with Gasteiger partial charge in [-0.3, -0.25) is 0 Å². The van der Waals surface area contributed by atoms with E-state index in [-0.39, 0.29) is 0 Å². The molecule has 1 fully saturated rings. The van der Waals surface area contributed by atoms with Crippen LogP contribution >= 0.6 is 11.3 Å². The molecule has 1 saturated carbocycles. The van der Waals surface area contributed by atoms with Crippen molar-refractivity contribution >= 4 is 11.3 Å². The molecule has 0 atom stereocenters. The quantitative estimate of drug-likeness (QED) is 0.740. The van der Waals surface area contributed by atoms with E-state index in [9.17, 15) is 0 Å². The minimum absolute atomic E-state index is 0.815. The molecule has 0 unspecified atom stereocenters. The summed E-state index contributed by atoms with van der Waals surface area (Å²) >= 11 is 1.95. The summed E-state index contributed by atoms with van der Waals surface area (Å²) in [5.74, 6) is 0.815. The van der Waals surface area contributed by atoms with Crippen LogP contribution in [0.2, 0.25) is 0 Å². The third kappa shape index (κ3) is 1.30. The molecule has 0 bridgehead atoms. The van der Waals surface area contributed by atoms with Gasteiger partial charge in [-0.2, -0.15) is 0 Å². The smallest absolute Gasteiger partial charge is 0.0962 e. The topological polar surface area (TPSA) is 24.9 Å². The van der Waals surface area contributed by atoms with Gasteiger partial charge in [0.25, 0.3) is 0 Å². The van der Waals surface area contributed by atoms with Crippen molar-refractivity contribution in [2.24, 2.45) is 0 Å². The van der Waals surface area contributed by atoms with Gasteiger partial charge >= 0.3 is 0 Å². The van der Waals surface area contributed by atoms with E-state index in [1.54, 1.807) is 0 Å². The number of thiazole rings is 1. The lowest BCUT2D eigenvalue weighted by molar-refractivity contribution is 0.417. The van der Waals surface area contributed by atoms with Crippen LogP contribution in [0.1, 0.15) is 40.8 Å². The van der Waals surface area contributed by atoms with Crippen LogP contribution in [0.5, 0.6) is 0 Å². The Bertz CT molecular complexity index is 291. The van der Waals surface area contributed by atoms with Gasteiger partial charge in [0, 0.05) is 30.3 Å². The highest BCUT2D eigenvalue weighted by Crippen LogP contribution is 2.39. The largest absolute Gasteiger partial charge is 0.311 e. The number of nitrogens with one attached hydrogen (secondary N) is 1. The summed E-state index contributed by atoms with van der Waals surface area (Å²) in [5, 5.41) is 4.82. The van der Waals surface area contributed by atoms with E-state index >= 15 is 0 Å². The van der Waals surface area contributed by atoms with E-state index in [0.29, 0.717) is 0 Å². The molecule has 0 radical (unpaired) electrons. The van der Waals surface area contributed by atoms with Crippen LogP contribution in [0.15, 0.2) is 0 Å². The third-order valence-electron chi connectivity index (χ3n) is 3.07. The van der Waals surface area contributed by atoms with Crippen LogP contribution in [-0.2, 0) is 13.0 Å². The summed E-state index contributed by atoms with van der Waals surface area (Å²) in [6, 6.07) is 0. The van der Waals surface area contributed by atoms with Crippen LogP contribution in [0, 0.1) is 0 Å². The first-order valence-corrected chi connectivity index (χ1v) is 5.94. The lowest BCUT2D eigenvalue weighted by Gasteiger charge is -2.22. The standard InChI is InChI=1S/C10H14N2S/c1-2-7(3-1)10-12-8-4-5-11-6-9(8)13-10/h7,11H,1-6H2. The van der Waals surface area contributed by atoms with E-state index in [1.165, 1.54) is 34.8 Å². The molecule has 1 aliphatic heterocycles. The minimum Gasteiger partial charge on any atom is -0.311 e. The van der Waals surface area contributed by atoms with Crippen molar-refractivity contribution in [3.05, 3.63) is 15.6 Å². The van der Waals surface area contributed by atoms with Crippen molar-refractivity contribution in [1.82, 2.24) is 10.3 Å². The van der Waals surface area contributed by atoms with Crippen molar-refractivity contribution in [2.45, 2.75) is 38.1 Å². The normalized spacial score (nSPS) is 22.5. The number of aromatic nitrogens is 1. The molecule has 0 amide bonds. The van der Waals surface area contributed by atoms with Gasteiger partial charge in [0.2, 0.25) is 0 Å². The molecular formula is C10H14N2S. The maximum absolute atomic E-state index is 4.75. The second kappa shape index (κ2) is 3.07. The first kappa shape index (κ1) is 7.94. The van der Waals surface area contributed by atoms with E-state index in [4.69, 9.17) is 4.98 Å². The van der Waals surface area contributed by atoms with E-state index in [1.807, 2.05) is 11.3 Å². The van der Waals surface area contributed by atoms with Gasteiger partial charge < -0.3 is 5.32 Å². The zero-order valence-corrected chi connectivity index (χ0v) is 8.49. The highest BCUT2D eigenvalue weighted by Gasteiger charge is 2.25. The SMILES string of the molecule is C1CC(c2nc3c(s2)CNCC3)C1. The first-order chi connectivity index (χ1) is 6.43. The van der Waals surface area contributed by atoms with Crippen LogP contribution < -0.4 is 5.32 Å². The van der Waals surface area contributed by atoms with Crippen LogP contribution in [-0.4, -0.2) is 11.5 Å². The fourth-order valence-corrected chi connectivity index (χ4v) is 3.23. The second-order valence-corrected chi connectivity index (χ2v) is 5.09. The Labute approximate surface area is 82.4 Å². The van der Waals surface area contributed by atoms with Gasteiger partial charge in [0.05, 0.1) is 10.7 Å². The summed E-state index contributed by atoms with van der Waals surface area (Å²) in [5.41, 5.74) is 1.38. The predicted octanol–water partition coefficient (Wildman–Crippen LogP) is 2.06. The minimum atomic E-state index is 0.815.